The molecule has 142 valence electrons. The van der Waals surface area contributed by atoms with Gasteiger partial charge in [0.1, 0.15) is 16.7 Å². The molecule has 27 heavy (non-hydrogen) atoms. The lowest BCUT2D eigenvalue weighted by Gasteiger charge is -2.13. The number of aromatic nitrogens is 2. The van der Waals surface area contributed by atoms with E-state index in [1.165, 1.54) is 0 Å². The van der Waals surface area contributed by atoms with Crippen molar-refractivity contribution in [3.05, 3.63) is 60.0 Å². The SMILES string of the molecule is CCSC(c1nnc(-c2ccc(OCCCCl)cc2)o1)c1ccccc1O. The first-order valence-electron chi connectivity index (χ1n) is 8.75. The first-order chi connectivity index (χ1) is 13.2. The van der Waals surface area contributed by atoms with E-state index in [1.54, 1.807) is 23.9 Å². The molecule has 0 aliphatic heterocycles. The number of rotatable bonds is 9. The highest BCUT2D eigenvalue weighted by molar-refractivity contribution is 7.99. The van der Waals surface area contributed by atoms with Crippen molar-refractivity contribution in [3.63, 3.8) is 0 Å². The second-order valence-electron chi connectivity index (χ2n) is 5.76. The van der Waals surface area contributed by atoms with Gasteiger partial charge in [0.25, 0.3) is 0 Å². The van der Waals surface area contributed by atoms with Gasteiger partial charge in [-0.1, -0.05) is 25.1 Å². The first kappa shape index (κ1) is 19.6. The molecule has 0 spiro atoms. The van der Waals surface area contributed by atoms with Gasteiger partial charge in [0.15, 0.2) is 0 Å². The summed E-state index contributed by atoms with van der Waals surface area (Å²) in [7, 11) is 0. The Kier molecular flexibility index (Phi) is 7.01. The van der Waals surface area contributed by atoms with Crippen molar-refractivity contribution < 1.29 is 14.3 Å². The Hall–Kier alpha value is -2.18. The lowest BCUT2D eigenvalue weighted by Crippen LogP contribution is -1.98. The molecule has 0 fully saturated rings. The summed E-state index contributed by atoms with van der Waals surface area (Å²) in [6, 6.07) is 14.7. The Labute approximate surface area is 167 Å². The number of phenolic OH excluding ortho intramolecular Hbond substituents is 1. The number of halogens is 1. The fraction of sp³-hybridized carbons (Fsp3) is 0.300. The smallest absolute Gasteiger partial charge is 0.247 e. The van der Waals surface area contributed by atoms with Crippen LogP contribution in [0, 0.1) is 0 Å². The maximum absolute atomic E-state index is 10.2. The summed E-state index contributed by atoms with van der Waals surface area (Å²) >= 11 is 7.28. The summed E-state index contributed by atoms with van der Waals surface area (Å²) in [5.74, 6) is 3.34. The number of hydrogen-bond donors (Lipinski definition) is 1. The molecule has 1 heterocycles. The van der Waals surface area contributed by atoms with E-state index >= 15 is 0 Å². The monoisotopic (exact) mass is 404 g/mol. The minimum atomic E-state index is -0.212. The predicted molar refractivity (Wildman–Crippen MR) is 109 cm³/mol. The van der Waals surface area contributed by atoms with E-state index in [2.05, 4.69) is 17.1 Å². The number of hydrogen-bond acceptors (Lipinski definition) is 6. The molecule has 0 saturated carbocycles. The highest BCUT2D eigenvalue weighted by Gasteiger charge is 2.23. The lowest BCUT2D eigenvalue weighted by molar-refractivity contribution is 0.318. The number of phenols is 1. The second-order valence-corrected chi connectivity index (χ2v) is 7.52. The van der Waals surface area contributed by atoms with E-state index in [0.717, 1.165) is 29.1 Å². The topological polar surface area (TPSA) is 68.4 Å². The van der Waals surface area contributed by atoms with E-state index in [1.807, 2.05) is 36.4 Å². The number of alkyl halides is 1. The molecule has 0 aliphatic carbocycles. The van der Waals surface area contributed by atoms with Gasteiger partial charge in [-0.05, 0) is 42.5 Å². The molecule has 3 aromatic rings. The number of benzene rings is 2. The van der Waals surface area contributed by atoms with Crippen molar-refractivity contribution in [2.45, 2.75) is 18.6 Å². The molecule has 1 unspecified atom stereocenters. The van der Waals surface area contributed by atoms with Crippen molar-refractivity contribution in [2.24, 2.45) is 0 Å². The largest absolute Gasteiger partial charge is 0.508 e. The molecule has 1 N–H and O–H groups in total. The molecular weight excluding hydrogens is 384 g/mol. The van der Waals surface area contributed by atoms with Gasteiger partial charge in [-0.3, -0.25) is 0 Å². The minimum absolute atomic E-state index is 0.212. The molecule has 0 bridgehead atoms. The standard InChI is InChI=1S/C20H21ClN2O3S/c1-2-27-18(16-6-3-4-7-17(16)24)20-23-22-19(26-20)14-8-10-15(11-9-14)25-13-5-12-21/h3-4,6-11,18,24H,2,5,12-13H2,1H3. The highest BCUT2D eigenvalue weighted by atomic mass is 35.5. The van der Waals surface area contributed by atoms with Crippen LogP contribution in [0.3, 0.4) is 0 Å². The average molecular weight is 405 g/mol. The first-order valence-corrected chi connectivity index (χ1v) is 10.3. The summed E-state index contributed by atoms with van der Waals surface area (Å²) in [5.41, 5.74) is 1.58. The van der Waals surface area contributed by atoms with Gasteiger partial charge in [-0.25, -0.2) is 0 Å². The van der Waals surface area contributed by atoms with E-state index in [-0.39, 0.29) is 11.0 Å². The Morgan fingerprint density at radius 3 is 2.63 bits per heavy atom. The summed E-state index contributed by atoms with van der Waals surface area (Å²) < 4.78 is 11.5. The van der Waals surface area contributed by atoms with Crippen LogP contribution in [0.15, 0.2) is 52.9 Å². The molecule has 3 rings (SSSR count). The Bertz CT molecular complexity index is 854. The van der Waals surface area contributed by atoms with E-state index in [9.17, 15) is 5.11 Å². The van der Waals surface area contributed by atoms with E-state index in [0.29, 0.717) is 24.3 Å². The van der Waals surface area contributed by atoms with Crippen molar-refractivity contribution in [3.8, 4) is 23.0 Å². The van der Waals surface area contributed by atoms with E-state index in [4.69, 9.17) is 20.8 Å². The van der Waals surface area contributed by atoms with Crippen LogP contribution in [0.5, 0.6) is 11.5 Å². The molecule has 0 amide bonds. The molecule has 1 aromatic heterocycles. The summed E-state index contributed by atoms with van der Waals surface area (Å²) in [4.78, 5) is 0. The lowest BCUT2D eigenvalue weighted by atomic mass is 10.1. The summed E-state index contributed by atoms with van der Waals surface area (Å²) in [6.45, 7) is 2.64. The van der Waals surface area contributed by atoms with Crippen molar-refractivity contribution in [1.29, 1.82) is 0 Å². The van der Waals surface area contributed by atoms with Gasteiger partial charge >= 0.3 is 0 Å². The zero-order valence-corrected chi connectivity index (χ0v) is 16.5. The van der Waals surface area contributed by atoms with Gasteiger partial charge in [-0.2, -0.15) is 0 Å². The van der Waals surface area contributed by atoms with Crippen LogP contribution in [0.1, 0.15) is 30.0 Å². The van der Waals surface area contributed by atoms with Crippen LogP contribution < -0.4 is 4.74 Å². The summed E-state index contributed by atoms with van der Waals surface area (Å²) in [5, 5.41) is 18.4. The van der Waals surface area contributed by atoms with Crippen LogP contribution >= 0.6 is 23.4 Å². The van der Waals surface area contributed by atoms with Gasteiger partial charge in [-0.15, -0.1) is 33.6 Å². The molecule has 7 heteroatoms. The number of para-hydroxylation sites is 1. The minimum Gasteiger partial charge on any atom is -0.508 e. The van der Waals surface area contributed by atoms with Crippen LogP contribution in [-0.2, 0) is 0 Å². The Morgan fingerprint density at radius 1 is 1.15 bits per heavy atom. The molecule has 1 atom stereocenters. The quantitative estimate of drug-likeness (QED) is 0.386. The zero-order valence-electron chi connectivity index (χ0n) is 15.0. The van der Waals surface area contributed by atoms with Crippen molar-refractivity contribution in [2.75, 3.05) is 18.2 Å². The second kappa shape index (κ2) is 9.67. The van der Waals surface area contributed by atoms with Crippen molar-refractivity contribution >= 4 is 23.4 Å². The zero-order chi connectivity index (χ0) is 19.1. The summed E-state index contributed by atoms with van der Waals surface area (Å²) in [6.07, 6.45) is 0.805. The molecular formula is C20H21ClN2O3S. The fourth-order valence-corrected chi connectivity index (χ4v) is 3.62. The Morgan fingerprint density at radius 2 is 1.93 bits per heavy atom. The molecule has 0 radical (unpaired) electrons. The van der Waals surface area contributed by atoms with Crippen LogP contribution in [-0.4, -0.2) is 33.5 Å². The molecule has 2 aromatic carbocycles. The predicted octanol–water partition coefficient (Wildman–Crippen LogP) is 5.29. The van der Waals surface area contributed by atoms with E-state index < -0.39 is 0 Å². The molecule has 0 aliphatic rings. The number of nitrogens with zero attached hydrogens (tertiary/aromatic N) is 2. The number of aromatic hydroxyl groups is 1. The van der Waals surface area contributed by atoms with Crippen molar-refractivity contribution in [1.82, 2.24) is 10.2 Å². The van der Waals surface area contributed by atoms with Gasteiger partial charge in [0.05, 0.1) is 6.61 Å². The third-order valence-electron chi connectivity index (χ3n) is 3.87. The maximum Gasteiger partial charge on any atom is 0.247 e. The van der Waals surface area contributed by atoms with Crippen LogP contribution in [0.25, 0.3) is 11.5 Å². The average Bonchev–Trinajstić information content (AvgIpc) is 3.17. The van der Waals surface area contributed by atoms with Gasteiger partial charge < -0.3 is 14.3 Å². The van der Waals surface area contributed by atoms with Crippen LogP contribution in [0.4, 0.5) is 0 Å². The fourth-order valence-electron chi connectivity index (χ4n) is 2.57. The third-order valence-corrected chi connectivity index (χ3v) is 5.25. The number of thioether (sulfide) groups is 1. The normalized spacial score (nSPS) is 12.1. The number of ether oxygens (including phenoxy) is 1. The highest BCUT2D eigenvalue weighted by Crippen LogP contribution is 2.39. The molecule has 5 nitrogen and oxygen atoms in total. The Balaban J connectivity index is 1.79. The maximum atomic E-state index is 10.2. The van der Waals surface area contributed by atoms with Gasteiger partial charge in [0.2, 0.25) is 11.8 Å². The molecule has 0 saturated heterocycles. The third kappa shape index (κ3) is 4.96. The van der Waals surface area contributed by atoms with Gasteiger partial charge in [0, 0.05) is 17.0 Å². The van der Waals surface area contributed by atoms with Crippen LogP contribution in [0.2, 0.25) is 0 Å².